The first-order chi connectivity index (χ1) is 6.35. The maximum absolute atomic E-state index is 9.08. The third-order valence-electron chi connectivity index (χ3n) is 3.49. The van der Waals surface area contributed by atoms with Crippen LogP contribution in [0.3, 0.4) is 0 Å². The number of hydrogen-bond donors (Lipinski definition) is 2. The molecule has 2 aliphatic carbocycles. The standard InChI is InChI=1S/C11H21NO/c13-9-8-11(12-10-4-5-10)6-2-1-3-7-11/h10,12-13H,1-9H2. The van der Waals surface area contributed by atoms with Gasteiger partial charge < -0.3 is 10.4 Å². The Morgan fingerprint density at radius 1 is 1.15 bits per heavy atom. The summed E-state index contributed by atoms with van der Waals surface area (Å²) in [6.45, 7) is 0.347. The van der Waals surface area contributed by atoms with Crippen LogP contribution >= 0.6 is 0 Å². The van der Waals surface area contributed by atoms with Gasteiger partial charge in [-0.3, -0.25) is 0 Å². The van der Waals surface area contributed by atoms with E-state index in [-0.39, 0.29) is 0 Å². The number of aliphatic hydroxyl groups is 1. The van der Waals surface area contributed by atoms with Crippen molar-refractivity contribution in [2.75, 3.05) is 6.61 Å². The highest BCUT2D eigenvalue weighted by Crippen LogP contribution is 2.34. The lowest BCUT2D eigenvalue weighted by Gasteiger charge is -2.38. The van der Waals surface area contributed by atoms with Crippen LogP contribution in [0.1, 0.15) is 51.4 Å². The van der Waals surface area contributed by atoms with E-state index in [9.17, 15) is 0 Å². The molecule has 0 aromatic carbocycles. The Kier molecular flexibility index (Phi) is 2.89. The molecular weight excluding hydrogens is 162 g/mol. The molecule has 0 heterocycles. The second kappa shape index (κ2) is 3.97. The topological polar surface area (TPSA) is 32.3 Å². The lowest BCUT2D eigenvalue weighted by molar-refractivity contribution is 0.163. The second-order valence-corrected chi connectivity index (χ2v) is 4.73. The zero-order valence-corrected chi connectivity index (χ0v) is 8.39. The van der Waals surface area contributed by atoms with Crippen molar-refractivity contribution in [1.82, 2.24) is 5.32 Å². The fourth-order valence-electron chi connectivity index (χ4n) is 2.57. The van der Waals surface area contributed by atoms with Crippen LogP contribution in [0, 0.1) is 0 Å². The Bertz CT molecular complexity index is 154. The molecule has 0 aromatic heterocycles. The van der Waals surface area contributed by atoms with Gasteiger partial charge in [0.2, 0.25) is 0 Å². The molecule has 0 amide bonds. The monoisotopic (exact) mass is 183 g/mol. The molecule has 0 spiro atoms. The molecule has 2 aliphatic rings. The molecule has 0 unspecified atom stereocenters. The lowest BCUT2D eigenvalue weighted by atomic mass is 9.79. The maximum atomic E-state index is 9.08. The predicted molar refractivity (Wildman–Crippen MR) is 53.7 cm³/mol. The van der Waals surface area contributed by atoms with Crippen molar-refractivity contribution in [3.05, 3.63) is 0 Å². The van der Waals surface area contributed by atoms with E-state index < -0.39 is 0 Å². The van der Waals surface area contributed by atoms with Crippen LogP contribution in [0.5, 0.6) is 0 Å². The summed E-state index contributed by atoms with van der Waals surface area (Å²) < 4.78 is 0. The summed E-state index contributed by atoms with van der Waals surface area (Å²) in [6, 6.07) is 0.782. The van der Waals surface area contributed by atoms with Gasteiger partial charge in [0, 0.05) is 18.2 Å². The Hall–Kier alpha value is -0.0800. The van der Waals surface area contributed by atoms with E-state index in [1.165, 1.54) is 44.9 Å². The van der Waals surface area contributed by atoms with Crippen LogP contribution in [0.25, 0.3) is 0 Å². The van der Waals surface area contributed by atoms with Gasteiger partial charge >= 0.3 is 0 Å². The molecule has 2 N–H and O–H groups in total. The first kappa shape index (κ1) is 9.47. The van der Waals surface area contributed by atoms with Crippen LogP contribution < -0.4 is 5.32 Å². The van der Waals surface area contributed by atoms with E-state index in [4.69, 9.17) is 5.11 Å². The summed E-state index contributed by atoms with van der Waals surface area (Å²) in [5.41, 5.74) is 0.314. The Morgan fingerprint density at radius 3 is 2.38 bits per heavy atom. The fourth-order valence-corrected chi connectivity index (χ4v) is 2.57. The van der Waals surface area contributed by atoms with Crippen molar-refractivity contribution in [3.8, 4) is 0 Å². The van der Waals surface area contributed by atoms with E-state index in [1.807, 2.05) is 0 Å². The molecule has 76 valence electrons. The minimum absolute atomic E-state index is 0.314. The van der Waals surface area contributed by atoms with Crippen molar-refractivity contribution >= 4 is 0 Å². The molecule has 0 atom stereocenters. The predicted octanol–water partition coefficient (Wildman–Crippen LogP) is 1.82. The average molecular weight is 183 g/mol. The quantitative estimate of drug-likeness (QED) is 0.697. The fraction of sp³-hybridized carbons (Fsp3) is 1.00. The minimum atomic E-state index is 0.314. The van der Waals surface area contributed by atoms with Gasteiger partial charge in [0.25, 0.3) is 0 Å². The zero-order chi connectivity index (χ0) is 9.15. The van der Waals surface area contributed by atoms with Crippen molar-refractivity contribution in [3.63, 3.8) is 0 Å². The molecule has 2 saturated carbocycles. The van der Waals surface area contributed by atoms with Gasteiger partial charge in [-0.2, -0.15) is 0 Å². The normalized spacial score (nSPS) is 27.5. The molecule has 0 aliphatic heterocycles. The van der Waals surface area contributed by atoms with Crippen LogP contribution in [-0.4, -0.2) is 23.3 Å². The Morgan fingerprint density at radius 2 is 1.85 bits per heavy atom. The molecule has 2 fully saturated rings. The van der Waals surface area contributed by atoms with Gasteiger partial charge in [0.05, 0.1) is 0 Å². The van der Waals surface area contributed by atoms with E-state index in [0.717, 1.165) is 12.5 Å². The maximum Gasteiger partial charge on any atom is 0.0448 e. The third-order valence-corrected chi connectivity index (χ3v) is 3.49. The number of nitrogens with one attached hydrogen (secondary N) is 1. The average Bonchev–Trinajstić information content (AvgIpc) is 2.90. The van der Waals surface area contributed by atoms with Crippen LogP contribution in [0.2, 0.25) is 0 Å². The molecule has 2 nitrogen and oxygen atoms in total. The summed E-state index contributed by atoms with van der Waals surface area (Å²) in [7, 11) is 0. The molecular formula is C11H21NO. The SMILES string of the molecule is OCCC1(NC2CC2)CCCCC1. The van der Waals surface area contributed by atoms with Crippen molar-refractivity contribution in [2.45, 2.75) is 62.9 Å². The summed E-state index contributed by atoms with van der Waals surface area (Å²) in [4.78, 5) is 0. The first-order valence-corrected chi connectivity index (χ1v) is 5.73. The highest BCUT2D eigenvalue weighted by atomic mass is 16.3. The molecule has 2 rings (SSSR count). The van der Waals surface area contributed by atoms with Gasteiger partial charge in [0.1, 0.15) is 0 Å². The molecule has 0 bridgehead atoms. The van der Waals surface area contributed by atoms with E-state index in [2.05, 4.69) is 5.32 Å². The first-order valence-electron chi connectivity index (χ1n) is 5.73. The Balaban J connectivity index is 1.90. The third kappa shape index (κ3) is 2.44. The van der Waals surface area contributed by atoms with Gasteiger partial charge in [-0.05, 0) is 32.1 Å². The van der Waals surface area contributed by atoms with Gasteiger partial charge in [-0.15, -0.1) is 0 Å². The summed E-state index contributed by atoms with van der Waals surface area (Å²) in [5.74, 6) is 0. The van der Waals surface area contributed by atoms with E-state index in [1.54, 1.807) is 0 Å². The second-order valence-electron chi connectivity index (χ2n) is 4.73. The molecule has 2 heteroatoms. The van der Waals surface area contributed by atoms with Crippen LogP contribution in [-0.2, 0) is 0 Å². The van der Waals surface area contributed by atoms with Gasteiger partial charge in [0.15, 0.2) is 0 Å². The highest BCUT2D eigenvalue weighted by Gasteiger charge is 2.36. The Labute approximate surface area is 80.7 Å². The van der Waals surface area contributed by atoms with Crippen molar-refractivity contribution in [1.29, 1.82) is 0 Å². The summed E-state index contributed by atoms with van der Waals surface area (Å²) >= 11 is 0. The molecule has 13 heavy (non-hydrogen) atoms. The largest absolute Gasteiger partial charge is 0.396 e. The highest BCUT2D eigenvalue weighted by molar-refractivity contribution is 4.96. The van der Waals surface area contributed by atoms with Gasteiger partial charge in [-0.1, -0.05) is 19.3 Å². The van der Waals surface area contributed by atoms with E-state index in [0.29, 0.717) is 12.1 Å². The van der Waals surface area contributed by atoms with Crippen molar-refractivity contribution < 1.29 is 5.11 Å². The lowest BCUT2D eigenvalue weighted by Crippen LogP contribution is -2.48. The molecule has 0 saturated heterocycles. The van der Waals surface area contributed by atoms with Crippen LogP contribution in [0.15, 0.2) is 0 Å². The van der Waals surface area contributed by atoms with Crippen molar-refractivity contribution in [2.24, 2.45) is 0 Å². The molecule has 0 aromatic rings. The number of rotatable bonds is 4. The van der Waals surface area contributed by atoms with E-state index >= 15 is 0 Å². The number of aliphatic hydroxyl groups excluding tert-OH is 1. The smallest absolute Gasteiger partial charge is 0.0448 e. The van der Waals surface area contributed by atoms with Gasteiger partial charge in [-0.25, -0.2) is 0 Å². The minimum Gasteiger partial charge on any atom is -0.396 e. The zero-order valence-electron chi connectivity index (χ0n) is 8.39. The number of hydrogen-bond acceptors (Lipinski definition) is 2. The van der Waals surface area contributed by atoms with Crippen LogP contribution in [0.4, 0.5) is 0 Å². The summed E-state index contributed by atoms with van der Waals surface area (Å²) in [5, 5.41) is 12.8. The molecule has 0 radical (unpaired) electrons. The summed E-state index contributed by atoms with van der Waals surface area (Å²) in [6.07, 6.45) is 10.3.